The van der Waals surface area contributed by atoms with Gasteiger partial charge in [0.1, 0.15) is 0 Å². The van der Waals surface area contributed by atoms with E-state index in [2.05, 4.69) is 40.3 Å². The quantitative estimate of drug-likeness (QED) is 0.749. The number of hydrogen-bond acceptors (Lipinski definition) is 2. The lowest BCUT2D eigenvalue weighted by molar-refractivity contribution is -0.122. The van der Waals surface area contributed by atoms with Crippen LogP contribution in [0.1, 0.15) is 50.5 Å². The summed E-state index contributed by atoms with van der Waals surface area (Å²) in [5.74, 6) is 1.35. The number of benzene rings is 1. The van der Waals surface area contributed by atoms with Crippen LogP contribution in [0.5, 0.6) is 0 Å². The molecule has 2 fully saturated rings. The Morgan fingerprint density at radius 2 is 2.17 bits per heavy atom. The highest BCUT2D eigenvalue weighted by molar-refractivity contribution is 9.10. The predicted octanol–water partition coefficient (Wildman–Crippen LogP) is 4.26. The second-order valence-corrected chi connectivity index (χ2v) is 7.88. The van der Waals surface area contributed by atoms with Crippen molar-refractivity contribution in [3.05, 3.63) is 34.3 Å². The van der Waals surface area contributed by atoms with Crippen molar-refractivity contribution in [2.24, 2.45) is 11.8 Å². The maximum atomic E-state index is 12.2. The molecule has 0 radical (unpaired) electrons. The molecule has 3 nitrogen and oxygen atoms in total. The van der Waals surface area contributed by atoms with Gasteiger partial charge in [-0.3, -0.25) is 4.79 Å². The van der Waals surface area contributed by atoms with Crippen molar-refractivity contribution < 1.29 is 9.53 Å². The lowest BCUT2D eigenvalue weighted by Gasteiger charge is -2.28. The number of carbonyl (C=O) groups excluding carboxylic acids is 1. The van der Waals surface area contributed by atoms with Gasteiger partial charge in [-0.2, -0.15) is 0 Å². The molecule has 0 saturated heterocycles. The molecule has 1 aromatic carbocycles. The second kappa shape index (κ2) is 7.80. The normalized spacial score (nSPS) is 30.0. The van der Waals surface area contributed by atoms with Crippen LogP contribution in [0, 0.1) is 11.8 Å². The minimum Gasteiger partial charge on any atom is -0.376 e. The van der Waals surface area contributed by atoms with Gasteiger partial charge in [-0.25, -0.2) is 0 Å². The van der Waals surface area contributed by atoms with Crippen LogP contribution in [-0.2, 0) is 9.53 Å². The third-order valence-corrected chi connectivity index (χ3v) is 5.66. The average molecular weight is 380 g/mol. The van der Waals surface area contributed by atoms with Crippen molar-refractivity contribution >= 4 is 21.8 Å². The van der Waals surface area contributed by atoms with Gasteiger partial charge in [-0.15, -0.1) is 0 Å². The molecule has 4 atom stereocenters. The van der Waals surface area contributed by atoms with Crippen LogP contribution < -0.4 is 5.32 Å². The molecule has 3 rings (SSSR count). The first kappa shape index (κ1) is 17.0. The summed E-state index contributed by atoms with van der Waals surface area (Å²) >= 11 is 3.49. The number of rotatable bonds is 6. The summed E-state index contributed by atoms with van der Waals surface area (Å²) < 4.78 is 7.03. The highest BCUT2D eigenvalue weighted by atomic mass is 79.9. The molecular weight excluding hydrogens is 354 g/mol. The molecule has 0 aromatic heterocycles. The maximum absolute atomic E-state index is 12.2. The van der Waals surface area contributed by atoms with Gasteiger partial charge in [0.2, 0.25) is 5.91 Å². The van der Waals surface area contributed by atoms with Crippen molar-refractivity contribution in [3.8, 4) is 0 Å². The first-order valence-electron chi connectivity index (χ1n) is 8.80. The largest absolute Gasteiger partial charge is 0.376 e. The average Bonchev–Trinajstić information content (AvgIpc) is 3.34. The molecule has 1 amide bonds. The number of amides is 1. The molecule has 4 unspecified atom stereocenters. The molecule has 0 aliphatic heterocycles. The molecule has 0 spiro atoms. The number of carbonyl (C=O) groups is 1. The second-order valence-electron chi connectivity index (χ2n) is 6.97. The van der Waals surface area contributed by atoms with Gasteiger partial charge in [0, 0.05) is 16.9 Å². The van der Waals surface area contributed by atoms with Gasteiger partial charge < -0.3 is 10.1 Å². The van der Waals surface area contributed by atoms with Crippen LogP contribution in [0.25, 0.3) is 0 Å². The van der Waals surface area contributed by atoms with E-state index in [1.807, 2.05) is 12.1 Å². The van der Waals surface area contributed by atoms with Crippen molar-refractivity contribution in [2.45, 2.75) is 51.0 Å². The summed E-state index contributed by atoms with van der Waals surface area (Å²) in [5.41, 5.74) is 1.26. The lowest BCUT2D eigenvalue weighted by Crippen LogP contribution is -2.32. The molecule has 4 heteroatoms. The van der Waals surface area contributed by atoms with Crippen LogP contribution >= 0.6 is 15.9 Å². The van der Waals surface area contributed by atoms with Crippen LogP contribution in [0.2, 0.25) is 0 Å². The first-order valence-corrected chi connectivity index (χ1v) is 9.59. The molecule has 0 bridgehead atoms. The Bertz CT molecular complexity index is 548. The van der Waals surface area contributed by atoms with Gasteiger partial charge in [0.25, 0.3) is 0 Å². The topological polar surface area (TPSA) is 38.3 Å². The molecular formula is C19H26BrNO2. The molecule has 2 aliphatic rings. The molecule has 23 heavy (non-hydrogen) atoms. The minimum atomic E-state index is 0.137. The van der Waals surface area contributed by atoms with Gasteiger partial charge in [-0.05, 0) is 48.8 Å². The highest BCUT2D eigenvalue weighted by Crippen LogP contribution is 2.47. The molecule has 2 aliphatic carbocycles. The zero-order valence-electron chi connectivity index (χ0n) is 13.8. The maximum Gasteiger partial charge on any atom is 0.223 e. The molecule has 2 saturated carbocycles. The van der Waals surface area contributed by atoms with E-state index in [1.54, 1.807) is 0 Å². The fraction of sp³-hybridized carbons (Fsp3) is 0.632. The smallest absolute Gasteiger partial charge is 0.223 e. The molecule has 1 aromatic rings. The fourth-order valence-electron chi connectivity index (χ4n) is 3.64. The summed E-state index contributed by atoms with van der Waals surface area (Å²) in [6, 6.07) is 8.28. The molecule has 126 valence electrons. The standard InChI is InChI=1S/C19H26BrNO2/c1-13-5-2-3-8-18(13)23-10-9-21-19(22)17-12-16(17)14-6-4-7-15(20)11-14/h4,6-7,11,13,16-18H,2-3,5,8-10,12H2,1H3,(H,21,22). The third-order valence-electron chi connectivity index (χ3n) is 5.17. The van der Waals surface area contributed by atoms with E-state index < -0.39 is 0 Å². The van der Waals surface area contributed by atoms with Gasteiger partial charge in [-0.1, -0.05) is 47.8 Å². The van der Waals surface area contributed by atoms with E-state index in [9.17, 15) is 4.79 Å². The Kier molecular flexibility index (Phi) is 5.76. The van der Waals surface area contributed by atoms with Gasteiger partial charge in [0.05, 0.1) is 12.7 Å². The SMILES string of the molecule is CC1CCCCC1OCCNC(=O)C1CC1c1cccc(Br)c1. The minimum absolute atomic E-state index is 0.137. The summed E-state index contributed by atoms with van der Waals surface area (Å²) in [4.78, 5) is 12.2. The van der Waals surface area contributed by atoms with E-state index in [0.717, 1.165) is 10.9 Å². The zero-order valence-corrected chi connectivity index (χ0v) is 15.3. The van der Waals surface area contributed by atoms with E-state index in [0.29, 0.717) is 31.1 Å². The zero-order chi connectivity index (χ0) is 16.2. The van der Waals surface area contributed by atoms with Crippen molar-refractivity contribution in [1.82, 2.24) is 5.32 Å². The number of hydrogen-bond donors (Lipinski definition) is 1. The third kappa shape index (κ3) is 4.57. The Balaban J connectivity index is 1.36. The Hall–Kier alpha value is -0.870. The number of nitrogens with one attached hydrogen (secondary N) is 1. The van der Waals surface area contributed by atoms with Crippen LogP contribution in [-0.4, -0.2) is 25.2 Å². The predicted molar refractivity (Wildman–Crippen MR) is 95.4 cm³/mol. The molecule has 1 N–H and O–H groups in total. The summed E-state index contributed by atoms with van der Waals surface area (Å²) in [7, 11) is 0. The van der Waals surface area contributed by atoms with E-state index in [-0.39, 0.29) is 11.8 Å². The van der Waals surface area contributed by atoms with Crippen molar-refractivity contribution in [2.75, 3.05) is 13.2 Å². The summed E-state index contributed by atoms with van der Waals surface area (Å²) in [6.45, 7) is 3.54. The van der Waals surface area contributed by atoms with Gasteiger partial charge in [0.15, 0.2) is 0 Å². The monoisotopic (exact) mass is 379 g/mol. The highest BCUT2D eigenvalue weighted by Gasteiger charge is 2.43. The molecule has 0 heterocycles. The van der Waals surface area contributed by atoms with E-state index >= 15 is 0 Å². The van der Waals surface area contributed by atoms with Crippen molar-refractivity contribution in [3.63, 3.8) is 0 Å². The fourth-order valence-corrected chi connectivity index (χ4v) is 4.05. The Labute approximate surface area is 147 Å². The van der Waals surface area contributed by atoms with Gasteiger partial charge >= 0.3 is 0 Å². The number of ether oxygens (including phenoxy) is 1. The summed E-state index contributed by atoms with van der Waals surface area (Å²) in [5, 5.41) is 3.04. The van der Waals surface area contributed by atoms with Crippen LogP contribution in [0.4, 0.5) is 0 Å². The van der Waals surface area contributed by atoms with E-state index in [4.69, 9.17) is 4.74 Å². The first-order chi connectivity index (χ1) is 11.1. The number of halogens is 1. The summed E-state index contributed by atoms with van der Waals surface area (Å²) in [6.07, 6.45) is 6.39. The van der Waals surface area contributed by atoms with E-state index in [1.165, 1.54) is 31.2 Å². The Morgan fingerprint density at radius 1 is 1.35 bits per heavy atom. The Morgan fingerprint density at radius 3 is 2.96 bits per heavy atom. The lowest BCUT2D eigenvalue weighted by atomic mass is 9.88. The van der Waals surface area contributed by atoms with Crippen molar-refractivity contribution in [1.29, 1.82) is 0 Å². The van der Waals surface area contributed by atoms with Crippen LogP contribution in [0.15, 0.2) is 28.7 Å². The van der Waals surface area contributed by atoms with Crippen LogP contribution in [0.3, 0.4) is 0 Å².